The molecule has 0 amide bonds. The van der Waals surface area contributed by atoms with Crippen LogP contribution in [0.15, 0.2) is 18.2 Å². The van der Waals surface area contributed by atoms with E-state index in [4.69, 9.17) is 10.5 Å². The minimum Gasteiger partial charge on any atom is -0.492 e. The number of hydrogen-bond donors (Lipinski definition) is 2. The molecular formula is C13H20N2OS. The van der Waals surface area contributed by atoms with Crippen LogP contribution in [-0.4, -0.2) is 24.7 Å². The van der Waals surface area contributed by atoms with Gasteiger partial charge in [-0.15, -0.1) is 0 Å². The molecule has 0 bridgehead atoms. The van der Waals surface area contributed by atoms with Crippen LogP contribution >= 0.6 is 11.8 Å². The standard InChI is InChI=1S/C13H20N2OS/c1-2-16-12-5-3-4-11(13(12)14)15-8-10-6-7-17-9-10/h3-5,10,15H,2,6-9,14H2,1H3. The molecule has 3 N–H and O–H groups in total. The number of para-hydroxylation sites is 1. The summed E-state index contributed by atoms with van der Waals surface area (Å²) in [7, 11) is 0. The zero-order chi connectivity index (χ0) is 12.1. The predicted molar refractivity (Wildman–Crippen MR) is 75.9 cm³/mol. The highest BCUT2D eigenvalue weighted by Gasteiger charge is 2.15. The second-order valence-electron chi connectivity index (χ2n) is 4.26. The third-order valence-corrected chi connectivity index (χ3v) is 4.20. The number of anilines is 2. The minimum atomic E-state index is 0.646. The maximum Gasteiger partial charge on any atom is 0.144 e. The van der Waals surface area contributed by atoms with Gasteiger partial charge in [0.25, 0.3) is 0 Å². The molecular weight excluding hydrogens is 232 g/mol. The molecule has 1 aromatic rings. The molecule has 1 unspecified atom stereocenters. The fraction of sp³-hybridized carbons (Fsp3) is 0.538. The lowest BCUT2D eigenvalue weighted by Crippen LogP contribution is -2.14. The van der Waals surface area contributed by atoms with E-state index in [1.165, 1.54) is 17.9 Å². The zero-order valence-corrected chi connectivity index (χ0v) is 11.1. The van der Waals surface area contributed by atoms with Crippen LogP contribution < -0.4 is 15.8 Å². The van der Waals surface area contributed by atoms with Crippen LogP contribution in [0.2, 0.25) is 0 Å². The average molecular weight is 252 g/mol. The van der Waals surface area contributed by atoms with E-state index in [-0.39, 0.29) is 0 Å². The number of rotatable bonds is 5. The van der Waals surface area contributed by atoms with Crippen LogP contribution in [0.5, 0.6) is 5.75 Å². The topological polar surface area (TPSA) is 47.3 Å². The van der Waals surface area contributed by atoms with Crippen molar-refractivity contribution in [1.82, 2.24) is 0 Å². The number of nitrogen functional groups attached to an aromatic ring is 1. The Morgan fingerprint density at radius 2 is 2.41 bits per heavy atom. The summed E-state index contributed by atoms with van der Waals surface area (Å²) in [5.41, 5.74) is 7.78. The molecule has 0 saturated carbocycles. The Morgan fingerprint density at radius 3 is 3.12 bits per heavy atom. The van der Waals surface area contributed by atoms with Gasteiger partial charge in [-0.2, -0.15) is 11.8 Å². The number of nitrogens with one attached hydrogen (secondary N) is 1. The third-order valence-electron chi connectivity index (χ3n) is 2.97. The normalized spacial score (nSPS) is 19.2. The van der Waals surface area contributed by atoms with Crippen LogP contribution in [0.4, 0.5) is 11.4 Å². The van der Waals surface area contributed by atoms with E-state index in [1.807, 2.05) is 36.9 Å². The molecule has 0 aliphatic carbocycles. The van der Waals surface area contributed by atoms with Crippen LogP contribution in [0.25, 0.3) is 0 Å². The molecule has 1 atom stereocenters. The molecule has 17 heavy (non-hydrogen) atoms. The Bertz CT molecular complexity index is 364. The molecule has 3 nitrogen and oxygen atoms in total. The van der Waals surface area contributed by atoms with Gasteiger partial charge in [0.1, 0.15) is 5.75 Å². The van der Waals surface area contributed by atoms with Crippen LogP contribution in [0.3, 0.4) is 0 Å². The van der Waals surface area contributed by atoms with E-state index in [0.29, 0.717) is 6.61 Å². The smallest absolute Gasteiger partial charge is 0.144 e. The fourth-order valence-electron chi connectivity index (χ4n) is 1.98. The Balaban J connectivity index is 1.97. The van der Waals surface area contributed by atoms with Gasteiger partial charge in [0, 0.05) is 6.54 Å². The van der Waals surface area contributed by atoms with Gasteiger partial charge in [0.2, 0.25) is 0 Å². The molecule has 0 spiro atoms. The molecule has 4 heteroatoms. The summed E-state index contributed by atoms with van der Waals surface area (Å²) in [4.78, 5) is 0. The van der Waals surface area contributed by atoms with Gasteiger partial charge in [0.05, 0.1) is 18.0 Å². The van der Waals surface area contributed by atoms with Crippen molar-refractivity contribution in [3.05, 3.63) is 18.2 Å². The zero-order valence-electron chi connectivity index (χ0n) is 10.2. The van der Waals surface area contributed by atoms with Crippen molar-refractivity contribution in [3.63, 3.8) is 0 Å². The first kappa shape index (κ1) is 12.4. The predicted octanol–water partition coefficient (Wildman–Crippen LogP) is 2.83. The quantitative estimate of drug-likeness (QED) is 0.791. The van der Waals surface area contributed by atoms with E-state index in [9.17, 15) is 0 Å². The number of ether oxygens (including phenoxy) is 1. The molecule has 1 aliphatic heterocycles. The Labute approximate surface area is 107 Å². The highest BCUT2D eigenvalue weighted by molar-refractivity contribution is 7.99. The lowest BCUT2D eigenvalue weighted by Gasteiger charge is -2.15. The third kappa shape index (κ3) is 3.22. The van der Waals surface area contributed by atoms with Gasteiger partial charge in [-0.25, -0.2) is 0 Å². The van der Waals surface area contributed by atoms with Crippen molar-refractivity contribution in [1.29, 1.82) is 0 Å². The van der Waals surface area contributed by atoms with Crippen LogP contribution in [0, 0.1) is 5.92 Å². The van der Waals surface area contributed by atoms with Gasteiger partial charge >= 0.3 is 0 Å². The molecule has 2 rings (SSSR count). The van der Waals surface area contributed by atoms with Gasteiger partial charge in [-0.05, 0) is 42.9 Å². The number of hydrogen-bond acceptors (Lipinski definition) is 4. The Hall–Kier alpha value is -1.03. The van der Waals surface area contributed by atoms with E-state index in [2.05, 4.69) is 5.32 Å². The first-order chi connectivity index (χ1) is 8.31. The van der Waals surface area contributed by atoms with Crippen molar-refractivity contribution in [2.24, 2.45) is 5.92 Å². The van der Waals surface area contributed by atoms with Crippen molar-refractivity contribution >= 4 is 23.1 Å². The maximum absolute atomic E-state index is 6.06. The summed E-state index contributed by atoms with van der Waals surface area (Å²) in [6.07, 6.45) is 1.31. The van der Waals surface area contributed by atoms with Gasteiger partial charge < -0.3 is 15.8 Å². The number of benzene rings is 1. The molecule has 1 saturated heterocycles. The Kier molecular flexibility index (Phi) is 4.42. The molecule has 94 valence electrons. The second kappa shape index (κ2) is 6.05. The Morgan fingerprint density at radius 1 is 1.53 bits per heavy atom. The maximum atomic E-state index is 6.06. The lowest BCUT2D eigenvalue weighted by molar-refractivity contribution is 0.342. The molecule has 1 fully saturated rings. The molecule has 1 aromatic carbocycles. The van der Waals surface area contributed by atoms with Crippen molar-refractivity contribution in [2.45, 2.75) is 13.3 Å². The lowest BCUT2D eigenvalue weighted by atomic mass is 10.1. The van der Waals surface area contributed by atoms with Crippen molar-refractivity contribution in [2.75, 3.05) is 35.7 Å². The first-order valence-corrected chi connectivity index (χ1v) is 7.29. The van der Waals surface area contributed by atoms with E-state index >= 15 is 0 Å². The minimum absolute atomic E-state index is 0.646. The van der Waals surface area contributed by atoms with Gasteiger partial charge in [-0.1, -0.05) is 6.07 Å². The van der Waals surface area contributed by atoms with E-state index < -0.39 is 0 Å². The molecule has 0 aromatic heterocycles. The summed E-state index contributed by atoms with van der Waals surface area (Å²) in [6.45, 7) is 3.62. The van der Waals surface area contributed by atoms with Crippen molar-refractivity contribution < 1.29 is 4.74 Å². The number of thioether (sulfide) groups is 1. The van der Waals surface area contributed by atoms with Gasteiger partial charge in [0.15, 0.2) is 0 Å². The first-order valence-electron chi connectivity index (χ1n) is 6.14. The van der Waals surface area contributed by atoms with E-state index in [1.54, 1.807) is 0 Å². The van der Waals surface area contributed by atoms with Gasteiger partial charge in [-0.3, -0.25) is 0 Å². The molecule has 0 radical (unpaired) electrons. The summed E-state index contributed by atoms with van der Waals surface area (Å²) in [5.74, 6) is 4.10. The highest BCUT2D eigenvalue weighted by Crippen LogP contribution is 2.30. The van der Waals surface area contributed by atoms with Crippen molar-refractivity contribution in [3.8, 4) is 5.75 Å². The summed E-state index contributed by atoms with van der Waals surface area (Å²) < 4.78 is 5.48. The second-order valence-corrected chi connectivity index (χ2v) is 5.41. The number of nitrogens with two attached hydrogens (primary N) is 1. The summed E-state index contributed by atoms with van der Waals surface area (Å²) in [6, 6.07) is 5.91. The molecule has 1 aliphatic rings. The highest BCUT2D eigenvalue weighted by atomic mass is 32.2. The SMILES string of the molecule is CCOc1cccc(NCC2CCSC2)c1N. The van der Waals surface area contributed by atoms with Crippen LogP contribution in [0.1, 0.15) is 13.3 Å². The average Bonchev–Trinajstić information content (AvgIpc) is 2.83. The summed E-state index contributed by atoms with van der Waals surface area (Å²) >= 11 is 2.04. The fourth-order valence-corrected chi connectivity index (χ4v) is 3.26. The van der Waals surface area contributed by atoms with Crippen LogP contribution in [-0.2, 0) is 0 Å². The molecule has 1 heterocycles. The summed E-state index contributed by atoms with van der Waals surface area (Å²) in [5, 5.41) is 3.44. The monoisotopic (exact) mass is 252 g/mol. The largest absolute Gasteiger partial charge is 0.492 e. The van der Waals surface area contributed by atoms with E-state index in [0.717, 1.165) is 29.6 Å².